The molecule has 2 rings (SSSR count). The third kappa shape index (κ3) is 2.88. The summed E-state index contributed by atoms with van der Waals surface area (Å²) in [4.78, 5) is 23.6. The molecular formula is C15H19N3O4. The van der Waals surface area contributed by atoms with E-state index in [9.17, 15) is 9.59 Å². The van der Waals surface area contributed by atoms with Crippen LogP contribution in [0.4, 0.5) is 0 Å². The van der Waals surface area contributed by atoms with Crippen LogP contribution in [0.5, 0.6) is 0 Å². The van der Waals surface area contributed by atoms with Crippen LogP contribution in [0, 0.1) is 20.8 Å². The van der Waals surface area contributed by atoms with E-state index < -0.39 is 11.9 Å². The van der Waals surface area contributed by atoms with Gasteiger partial charge in [-0.2, -0.15) is 0 Å². The number of aliphatic carboxylic acids is 1. The van der Waals surface area contributed by atoms with Gasteiger partial charge in [-0.1, -0.05) is 5.16 Å². The molecule has 2 heterocycles. The summed E-state index contributed by atoms with van der Waals surface area (Å²) in [5.74, 6) is -1.20. The van der Waals surface area contributed by atoms with E-state index in [2.05, 4.69) is 10.6 Å². The zero-order valence-electron chi connectivity index (χ0n) is 13.0. The van der Waals surface area contributed by atoms with E-state index >= 15 is 0 Å². The van der Waals surface area contributed by atoms with Gasteiger partial charge in [0.15, 0.2) is 0 Å². The molecule has 0 amide bonds. The summed E-state index contributed by atoms with van der Waals surface area (Å²) in [5.41, 5.74) is 5.18. The van der Waals surface area contributed by atoms with E-state index in [-0.39, 0.29) is 11.1 Å². The number of nitrogens with zero attached hydrogens (tertiary/aromatic N) is 2. The molecular weight excluding hydrogens is 286 g/mol. The van der Waals surface area contributed by atoms with Crippen molar-refractivity contribution >= 4 is 5.97 Å². The van der Waals surface area contributed by atoms with Crippen molar-refractivity contribution in [3.63, 3.8) is 0 Å². The van der Waals surface area contributed by atoms with Gasteiger partial charge in [-0.05, 0) is 39.3 Å². The fraction of sp³-hybridized carbons (Fsp3) is 0.400. The number of hydrogen-bond acceptors (Lipinski definition) is 5. The number of hydrogen-bond donors (Lipinski definition) is 2. The Morgan fingerprint density at radius 3 is 2.68 bits per heavy atom. The second-order valence-corrected chi connectivity index (χ2v) is 5.29. The molecule has 1 atom stereocenters. The number of aryl methyl sites for hydroxylation is 3. The Bertz CT molecular complexity index is 741. The average molecular weight is 305 g/mol. The van der Waals surface area contributed by atoms with Crippen LogP contribution in [0.15, 0.2) is 21.6 Å². The number of nitrogens with one attached hydrogen (secondary N) is 1. The molecule has 2 N–H and O–H groups in total. The highest BCUT2D eigenvalue weighted by molar-refractivity contribution is 5.75. The molecule has 0 aliphatic heterocycles. The Balaban J connectivity index is 2.32. The van der Waals surface area contributed by atoms with Gasteiger partial charge < -0.3 is 15.1 Å². The van der Waals surface area contributed by atoms with Crippen molar-refractivity contribution in [3.05, 3.63) is 50.8 Å². The Morgan fingerprint density at radius 2 is 2.14 bits per heavy atom. The summed E-state index contributed by atoms with van der Waals surface area (Å²) in [6.07, 6.45) is 1.59. The maximum Gasteiger partial charge on any atom is 0.310 e. The Morgan fingerprint density at radius 1 is 1.45 bits per heavy atom. The lowest BCUT2D eigenvalue weighted by atomic mass is 9.99. The van der Waals surface area contributed by atoms with Gasteiger partial charge in [0.05, 0.1) is 18.2 Å². The van der Waals surface area contributed by atoms with Crippen LogP contribution in [0.25, 0.3) is 0 Å². The summed E-state index contributed by atoms with van der Waals surface area (Å²) in [7, 11) is 0. The monoisotopic (exact) mass is 305 g/mol. The molecule has 0 fully saturated rings. The lowest BCUT2D eigenvalue weighted by molar-refractivity contribution is -0.138. The van der Waals surface area contributed by atoms with E-state index in [1.807, 2.05) is 6.92 Å². The highest BCUT2D eigenvalue weighted by Gasteiger charge is 2.21. The molecule has 0 bridgehead atoms. The molecule has 0 spiro atoms. The van der Waals surface area contributed by atoms with Gasteiger partial charge in [0.1, 0.15) is 5.76 Å². The van der Waals surface area contributed by atoms with Gasteiger partial charge in [-0.15, -0.1) is 0 Å². The van der Waals surface area contributed by atoms with Crippen LogP contribution in [0.1, 0.15) is 41.0 Å². The minimum Gasteiger partial charge on any atom is -0.481 e. The van der Waals surface area contributed by atoms with Crippen molar-refractivity contribution in [3.8, 4) is 0 Å². The predicted octanol–water partition coefficient (Wildman–Crippen LogP) is 1.69. The van der Waals surface area contributed by atoms with Gasteiger partial charge in [0.25, 0.3) is 5.56 Å². The van der Waals surface area contributed by atoms with E-state index in [4.69, 9.17) is 9.63 Å². The van der Waals surface area contributed by atoms with Crippen molar-refractivity contribution in [2.24, 2.45) is 0 Å². The first kappa shape index (κ1) is 15.8. The number of carbonyl (C=O) groups is 1. The maximum absolute atomic E-state index is 12.5. The maximum atomic E-state index is 12.5. The third-order valence-corrected chi connectivity index (χ3v) is 3.76. The van der Waals surface area contributed by atoms with Crippen molar-refractivity contribution < 1.29 is 14.4 Å². The zero-order chi connectivity index (χ0) is 16.4. The van der Waals surface area contributed by atoms with Crippen LogP contribution in [-0.4, -0.2) is 20.9 Å². The molecule has 7 heteroatoms. The van der Waals surface area contributed by atoms with Crippen LogP contribution in [0.2, 0.25) is 0 Å². The molecule has 0 saturated carbocycles. The molecule has 7 nitrogen and oxygen atoms in total. The number of rotatable bonds is 5. The lowest BCUT2D eigenvalue weighted by Gasteiger charge is -2.14. The molecule has 118 valence electrons. The van der Waals surface area contributed by atoms with Gasteiger partial charge in [-0.3, -0.25) is 9.59 Å². The summed E-state index contributed by atoms with van der Waals surface area (Å²) in [6, 6.07) is 1.72. The fourth-order valence-electron chi connectivity index (χ4n) is 2.34. The minimum absolute atomic E-state index is 0.279. The predicted molar refractivity (Wildman–Crippen MR) is 80.5 cm³/mol. The van der Waals surface area contributed by atoms with Crippen LogP contribution >= 0.6 is 0 Å². The van der Waals surface area contributed by atoms with Crippen molar-refractivity contribution in [1.29, 1.82) is 0 Å². The van der Waals surface area contributed by atoms with E-state index in [0.29, 0.717) is 17.9 Å². The van der Waals surface area contributed by atoms with E-state index in [1.165, 1.54) is 11.6 Å². The molecule has 0 radical (unpaired) electrons. The topological polar surface area (TPSA) is 97.4 Å². The first-order valence-electron chi connectivity index (χ1n) is 6.93. The van der Waals surface area contributed by atoms with Gasteiger partial charge in [0.2, 0.25) is 0 Å². The average Bonchev–Trinajstić information content (AvgIpc) is 2.77. The van der Waals surface area contributed by atoms with Crippen LogP contribution in [-0.2, 0) is 11.3 Å². The van der Waals surface area contributed by atoms with Crippen molar-refractivity contribution in [2.75, 3.05) is 5.43 Å². The first-order chi connectivity index (χ1) is 10.3. The van der Waals surface area contributed by atoms with E-state index in [0.717, 1.165) is 11.3 Å². The summed E-state index contributed by atoms with van der Waals surface area (Å²) >= 11 is 0. The van der Waals surface area contributed by atoms with Crippen LogP contribution < -0.4 is 11.0 Å². The number of aromatic nitrogens is 2. The van der Waals surface area contributed by atoms with E-state index in [1.54, 1.807) is 26.1 Å². The second-order valence-electron chi connectivity index (χ2n) is 5.29. The molecule has 0 saturated heterocycles. The van der Waals surface area contributed by atoms with Gasteiger partial charge in [-0.25, -0.2) is 4.68 Å². The Kier molecular flexibility index (Phi) is 4.35. The molecule has 0 aromatic carbocycles. The van der Waals surface area contributed by atoms with Gasteiger partial charge >= 0.3 is 5.97 Å². The normalized spacial score (nSPS) is 12.2. The summed E-state index contributed by atoms with van der Waals surface area (Å²) < 4.78 is 6.37. The summed E-state index contributed by atoms with van der Waals surface area (Å²) in [6.45, 7) is 7.22. The Labute approximate surface area is 127 Å². The molecule has 22 heavy (non-hydrogen) atoms. The third-order valence-electron chi connectivity index (χ3n) is 3.76. The lowest BCUT2D eigenvalue weighted by Crippen LogP contribution is -2.33. The molecule has 2 aromatic heterocycles. The summed E-state index contributed by atoms with van der Waals surface area (Å²) in [5, 5.41) is 13.0. The Hall–Kier alpha value is -2.57. The van der Waals surface area contributed by atoms with Crippen molar-refractivity contribution in [1.82, 2.24) is 9.83 Å². The zero-order valence-corrected chi connectivity index (χ0v) is 13.0. The standard InChI is InChI=1S/C15H19N3O4/c1-8-5-6-18(14(19)13(8)9(2)15(20)21)16-7-12-10(3)17-22-11(12)4/h5-6,9,16H,7H2,1-4H3,(H,20,21). The molecule has 2 aromatic rings. The fourth-order valence-corrected chi connectivity index (χ4v) is 2.34. The molecule has 1 unspecified atom stereocenters. The second kappa shape index (κ2) is 6.05. The largest absolute Gasteiger partial charge is 0.481 e. The van der Waals surface area contributed by atoms with Gasteiger partial charge in [0, 0.05) is 17.3 Å². The van der Waals surface area contributed by atoms with Crippen molar-refractivity contribution in [2.45, 2.75) is 40.2 Å². The SMILES string of the molecule is Cc1ccn(NCc2c(C)noc2C)c(=O)c1C(C)C(=O)O. The minimum atomic E-state index is -1.02. The number of carboxylic acid groups (broad SMARTS) is 1. The number of carboxylic acids is 1. The molecule has 0 aliphatic carbocycles. The highest BCUT2D eigenvalue weighted by Crippen LogP contribution is 2.16. The highest BCUT2D eigenvalue weighted by atomic mass is 16.5. The van der Waals surface area contributed by atoms with Crippen LogP contribution in [0.3, 0.4) is 0 Å². The smallest absolute Gasteiger partial charge is 0.310 e. The quantitative estimate of drug-likeness (QED) is 0.872. The first-order valence-corrected chi connectivity index (χ1v) is 6.93. The number of pyridine rings is 1. The molecule has 0 aliphatic rings.